The van der Waals surface area contributed by atoms with Gasteiger partial charge in [0.15, 0.2) is 0 Å². The molecule has 1 unspecified atom stereocenters. The lowest BCUT2D eigenvalue weighted by atomic mass is 10.1. The van der Waals surface area contributed by atoms with Crippen LogP contribution in [0.25, 0.3) is 0 Å². The molecule has 1 aliphatic rings. The van der Waals surface area contributed by atoms with Crippen LogP contribution in [0.1, 0.15) is 25.8 Å². The van der Waals surface area contributed by atoms with Gasteiger partial charge in [0.05, 0.1) is 11.3 Å². The normalized spacial score (nSPS) is 20.5. The average molecular weight is 228 g/mol. The van der Waals surface area contributed by atoms with Crippen molar-refractivity contribution in [2.75, 3.05) is 11.9 Å². The van der Waals surface area contributed by atoms with Crippen molar-refractivity contribution >= 4 is 11.6 Å². The monoisotopic (exact) mass is 228 g/mol. The summed E-state index contributed by atoms with van der Waals surface area (Å²) in [6.45, 7) is 4.19. The quantitative estimate of drug-likeness (QED) is 0.780. The number of para-hydroxylation sites is 1. The van der Waals surface area contributed by atoms with E-state index < -0.39 is 0 Å². The molecule has 0 aromatic heterocycles. The molecule has 0 N–H and O–H groups in total. The Kier molecular flexibility index (Phi) is 2.66. The van der Waals surface area contributed by atoms with Gasteiger partial charge in [-0.15, -0.1) is 0 Å². The summed E-state index contributed by atoms with van der Waals surface area (Å²) < 4.78 is 0. The first kappa shape index (κ1) is 11.7. The smallest absolute Gasteiger partial charge is 0.230 e. The Bertz CT molecular complexity index is 499. The molecule has 1 amide bonds. The minimum atomic E-state index is 0.0965. The summed E-state index contributed by atoms with van der Waals surface area (Å²) in [6.07, 6.45) is 0.935. The summed E-state index contributed by atoms with van der Waals surface area (Å²) in [5.41, 5.74) is 1.36. The van der Waals surface area contributed by atoms with Gasteiger partial charge in [0.25, 0.3) is 0 Å². The molecule has 0 heterocycles. The van der Waals surface area contributed by atoms with Crippen molar-refractivity contribution in [1.82, 2.24) is 0 Å². The summed E-state index contributed by atoms with van der Waals surface area (Å²) in [5.74, 6) is 0.206. The largest absolute Gasteiger partial charge is 0.314 e. The first-order valence-corrected chi connectivity index (χ1v) is 5.74. The van der Waals surface area contributed by atoms with Crippen molar-refractivity contribution in [3.8, 4) is 6.07 Å². The summed E-state index contributed by atoms with van der Waals surface area (Å²) in [7, 11) is 1.74. The lowest BCUT2D eigenvalue weighted by Gasteiger charge is -2.19. The van der Waals surface area contributed by atoms with E-state index in [-0.39, 0.29) is 17.2 Å². The molecule has 1 aromatic carbocycles. The maximum atomic E-state index is 12.2. The first-order chi connectivity index (χ1) is 7.97. The molecule has 88 valence electrons. The zero-order valence-corrected chi connectivity index (χ0v) is 10.4. The molecule has 0 spiro atoms. The average Bonchev–Trinajstić information content (AvgIpc) is 2.96. The first-order valence-electron chi connectivity index (χ1n) is 5.74. The van der Waals surface area contributed by atoms with E-state index in [1.807, 2.05) is 12.1 Å². The highest BCUT2D eigenvalue weighted by Crippen LogP contribution is 2.52. The second-order valence-electron chi connectivity index (χ2n) is 5.27. The van der Waals surface area contributed by atoms with Crippen molar-refractivity contribution in [1.29, 1.82) is 5.26 Å². The molecule has 1 aromatic rings. The third kappa shape index (κ3) is 2.03. The van der Waals surface area contributed by atoms with E-state index >= 15 is 0 Å². The fourth-order valence-corrected chi connectivity index (χ4v) is 2.10. The second-order valence-corrected chi connectivity index (χ2v) is 5.27. The number of carbonyl (C=O) groups excluding carboxylic acids is 1. The summed E-state index contributed by atoms with van der Waals surface area (Å²) in [6, 6.07) is 9.31. The van der Waals surface area contributed by atoms with E-state index in [0.29, 0.717) is 11.3 Å². The number of nitrogens with zero attached hydrogens (tertiary/aromatic N) is 2. The molecule has 2 rings (SSSR count). The van der Waals surface area contributed by atoms with Gasteiger partial charge >= 0.3 is 0 Å². The van der Waals surface area contributed by atoms with E-state index in [9.17, 15) is 4.79 Å². The lowest BCUT2D eigenvalue weighted by Crippen LogP contribution is -2.29. The predicted octanol–water partition coefficient (Wildman–Crippen LogP) is 2.57. The van der Waals surface area contributed by atoms with Crippen molar-refractivity contribution in [3.05, 3.63) is 29.8 Å². The minimum Gasteiger partial charge on any atom is -0.314 e. The molecular weight excluding hydrogens is 212 g/mol. The van der Waals surface area contributed by atoms with Gasteiger partial charge in [-0.3, -0.25) is 4.79 Å². The number of rotatable bonds is 2. The highest BCUT2D eigenvalue weighted by Gasteiger charge is 2.51. The Morgan fingerprint density at radius 2 is 2.06 bits per heavy atom. The van der Waals surface area contributed by atoms with Crippen molar-refractivity contribution < 1.29 is 4.79 Å². The molecule has 0 saturated heterocycles. The van der Waals surface area contributed by atoms with Gasteiger partial charge in [-0.1, -0.05) is 26.0 Å². The molecule has 0 bridgehead atoms. The molecule has 1 saturated carbocycles. The van der Waals surface area contributed by atoms with Crippen LogP contribution in [0.5, 0.6) is 0 Å². The Morgan fingerprint density at radius 3 is 2.59 bits per heavy atom. The molecular formula is C14H16N2O. The maximum Gasteiger partial charge on any atom is 0.230 e. The van der Waals surface area contributed by atoms with Crippen LogP contribution in [0.4, 0.5) is 5.69 Å². The maximum absolute atomic E-state index is 12.2. The molecule has 0 radical (unpaired) electrons. The molecule has 0 aliphatic heterocycles. The van der Waals surface area contributed by atoms with Gasteiger partial charge in [0.1, 0.15) is 6.07 Å². The van der Waals surface area contributed by atoms with Crippen LogP contribution in [-0.4, -0.2) is 13.0 Å². The van der Waals surface area contributed by atoms with E-state index in [1.54, 1.807) is 24.1 Å². The van der Waals surface area contributed by atoms with Crippen molar-refractivity contribution in [2.24, 2.45) is 11.3 Å². The van der Waals surface area contributed by atoms with Crippen LogP contribution in [0.2, 0.25) is 0 Å². The van der Waals surface area contributed by atoms with Crippen LogP contribution in [0.15, 0.2) is 24.3 Å². The van der Waals surface area contributed by atoms with Crippen molar-refractivity contribution in [3.63, 3.8) is 0 Å². The second kappa shape index (κ2) is 3.89. The third-order valence-electron chi connectivity index (χ3n) is 3.53. The van der Waals surface area contributed by atoms with Gasteiger partial charge in [-0.2, -0.15) is 5.26 Å². The Balaban J connectivity index is 2.24. The van der Waals surface area contributed by atoms with Crippen LogP contribution >= 0.6 is 0 Å². The predicted molar refractivity (Wildman–Crippen MR) is 66.5 cm³/mol. The highest BCUT2D eigenvalue weighted by molar-refractivity contribution is 5.97. The van der Waals surface area contributed by atoms with E-state index in [1.165, 1.54) is 0 Å². The Morgan fingerprint density at radius 1 is 1.47 bits per heavy atom. The zero-order chi connectivity index (χ0) is 12.6. The number of hydrogen-bond acceptors (Lipinski definition) is 2. The number of anilines is 1. The summed E-state index contributed by atoms with van der Waals surface area (Å²) in [5, 5.41) is 9.02. The number of hydrogen-bond donors (Lipinski definition) is 0. The molecule has 1 aliphatic carbocycles. The number of benzene rings is 1. The van der Waals surface area contributed by atoms with Gasteiger partial charge in [0.2, 0.25) is 5.91 Å². The van der Waals surface area contributed by atoms with E-state index in [0.717, 1.165) is 6.42 Å². The third-order valence-corrected chi connectivity index (χ3v) is 3.53. The fourth-order valence-electron chi connectivity index (χ4n) is 2.10. The molecule has 1 atom stereocenters. The molecule has 17 heavy (non-hydrogen) atoms. The molecule has 1 fully saturated rings. The number of amides is 1. The highest BCUT2D eigenvalue weighted by atomic mass is 16.2. The topological polar surface area (TPSA) is 44.1 Å². The number of nitriles is 1. The van der Waals surface area contributed by atoms with Crippen molar-refractivity contribution in [2.45, 2.75) is 20.3 Å². The minimum absolute atomic E-state index is 0.0965. The SMILES string of the molecule is CN(C(=O)C1CC1(C)C)c1ccccc1C#N. The van der Waals surface area contributed by atoms with Gasteiger partial charge < -0.3 is 4.90 Å². The van der Waals surface area contributed by atoms with Gasteiger partial charge in [-0.05, 0) is 24.0 Å². The molecule has 3 heteroatoms. The van der Waals surface area contributed by atoms with Crippen LogP contribution < -0.4 is 4.90 Å². The van der Waals surface area contributed by atoms with Crippen LogP contribution in [0.3, 0.4) is 0 Å². The van der Waals surface area contributed by atoms with Gasteiger partial charge in [-0.25, -0.2) is 0 Å². The summed E-state index contributed by atoms with van der Waals surface area (Å²) >= 11 is 0. The standard InChI is InChI=1S/C14H16N2O/c1-14(2)8-11(14)13(17)16(3)12-7-5-4-6-10(12)9-15/h4-7,11H,8H2,1-3H3. The summed E-state index contributed by atoms with van der Waals surface area (Å²) in [4.78, 5) is 13.8. The van der Waals surface area contributed by atoms with Crippen LogP contribution in [0, 0.1) is 22.7 Å². The number of carbonyl (C=O) groups is 1. The fraction of sp³-hybridized carbons (Fsp3) is 0.429. The van der Waals surface area contributed by atoms with E-state index in [2.05, 4.69) is 19.9 Å². The Hall–Kier alpha value is -1.82. The van der Waals surface area contributed by atoms with Gasteiger partial charge in [0, 0.05) is 13.0 Å². The Labute approximate surface area is 102 Å². The lowest BCUT2D eigenvalue weighted by molar-refractivity contribution is -0.120. The zero-order valence-electron chi connectivity index (χ0n) is 10.4. The molecule has 3 nitrogen and oxygen atoms in total. The van der Waals surface area contributed by atoms with E-state index in [4.69, 9.17) is 5.26 Å². The van der Waals surface area contributed by atoms with Crippen LogP contribution in [-0.2, 0) is 4.79 Å².